The Bertz CT molecular complexity index is 482. The third kappa shape index (κ3) is 9.86. The van der Waals surface area contributed by atoms with E-state index in [-0.39, 0.29) is 24.0 Å². The Morgan fingerprint density at radius 2 is 1.80 bits per heavy atom. The van der Waals surface area contributed by atoms with Gasteiger partial charge in [0.25, 0.3) is 0 Å². The SMILES string of the molecule is CN=C(NCCCN(C)CCOC)N(C)Cc1ccc(OC)cc1.I. The number of halogens is 1. The van der Waals surface area contributed by atoms with Crippen LogP contribution in [0.15, 0.2) is 29.3 Å². The second-order valence-electron chi connectivity index (χ2n) is 5.83. The number of aliphatic imine (C=N–C) groups is 1. The van der Waals surface area contributed by atoms with Gasteiger partial charge in [0.05, 0.1) is 13.7 Å². The predicted octanol–water partition coefficient (Wildman–Crippen LogP) is 2.29. The van der Waals surface area contributed by atoms with Crippen LogP contribution in [0.1, 0.15) is 12.0 Å². The van der Waals surface area contributed by atoms with Crippen molar-refractivity contribution in [3.05, 3.63) is 29.8 Å². The Hall–Kier alpha value is -1.06. The van der Waals surface area contributed by atoms with Crippen LogP contribution in [0.5, 0.6) is 5.75 Å². The van der Waals surface area contributed by atoms with Gasteiger partial charge in [-0.1, -0.05) is 12.1 Å². The van der Waals surface area contributed by atoms with E-state index in [0.29, 0.717) is 0 Å². The maximum atomic E-state index is 5.19. The molecule has 0 aromatic heterocycles. The topological polar surface area (TPSA) is 49.3 Å². The van der Waals surface area contributed by atoms with Gasteiger partial charge in [0, 0.05) is 40.8 Å². The van der Waals surface area contributed by atoms with Crippen molar-refractivity contribution < 1.29 is 9.47 Å². The van der Waals surface area contributed by atoms with Crippen LogP contribution in [-0.2, 0) is 11.3 Å². The highest BCUT2D eigenvalue weighted by Gasteiger charge is 2.06. The highest BCUT2D eigenvalue weighted by atomic mass is 127. The summed E-state index contributed by atoms with van der Waals surface area (Å²) in [6.45, 7) is 4.47. The molecular weight excluding hydrogens is 431 g/mol. The number of hydrogen-bond donors (Lipinski definition) is 1. The summed E-state index contributed by atoms with van der Waals surface area (Å²) in [6.07, 6.45) is 1.07. The first kappa shape index (κ1) is 23.9. The Balaban J connectivity index is 0.00000576. The molecule has 6 nitrogen and oxygen atoms in total. The number of nitrogens with zero attached hydrogens (tertiary/aromatic N) is 3. The van der Waals surface area contributed by atoms with Crippen molar-refractivity contribution >= 4 is 29.9 Å². The lowest BCUT2D eigenvalue weighted by Gasteiger charge is -2.23. The van der Waals surface area contributed by atoms with Gasteiger partial charge in [0.2, 0.25) is 0 Å². The molecule has 1 N–H and O–H groups in total. The number of nitrogens with one attached hydrogen (secondary N) is 1. The van der Waals surface area contributed by atoms with Crippen LogP contribution >= 0.6 is 24.0 Å². The van der Waals surface area contributed by atoms with E-state index in [4.69, 9.17) is 9.47 Å². The van der Waals surface area contributed by atoms with Gasteiger partial charge in [-0.25, -0.2) is 0 Å². The summed E-state index contributed by atoms with van der Waals surface area (Å²) < 4.78 is 10.3. The lowest BCUT2D eigenvalue weighted by molar-refractivity contribution is 0.161. The summed E-state index contributed by atoms with van der Waals surface area (Å²) >= 11 is 0. The van der Waals surface area contributed by atoms with E-state index in [0.717, 1.165) is 50.9 Å². The number of hydrogen-bond acceptors (Lipinski definition) is 4. The van der Waals surface area contributed by atoms with Gasteiger partial charge in [-0.2, -0.15) is 0 Å². The molecule has 0 heterocycles. The molecule has 0 bridgehead atoms. The van der Waals surface area contributed by atoms with Crippen molar-refractivity contribution in [3.8, 4) is 5.75 Å². The predicted molar refractivity (Wildman–Crippen MR) is 115 cm³/mol. The van der Waals surface area contributed by atoms with Crippen LogP contribution in [0, 0.1) is 0 Å². The third-order valence-corrected chi connectivity index (χ3v) is 3.83. The van der Waals surface area contributed by atoms with Gasteiger partial charge in [0.15, 0.2) is 5.96 Å². The van der Waals surface area contributed by atoms with E-state index in [1.54, 1.807) is 14.2 Å². The molecule has 0 unspecified atom stereocenters. The van der Waals surface area contributed by atoms with Crippen LogP contribution in [0.4, 0.5) is 0 Å². The van der Waals surface area contributed by atoms with Gasteiger partial charge >= 0.3 is 0 Å². The highest BCUT2D eigenvalue weighted by molar-refractivity contribution is 14.0. The fourth-order valence-corrected chi connectivity index (χ4v) is 2.37. The van der Waals surface area contributed by atoms with Crippen LogP contribution in [-0.4, -0.2) is 77.4 Å². The molecule has 0 amide bonds. The summed E-state index contributed by atoms with van der Waals surface area (Å²) in [7, 11) is 9.39. The summed E-state index contributed by atoms with van der Waals surface area (Å²) in [4.78, 5) is 8.75. The summed E-state index contributed by atoms with van der Waals surface area (Å²) in [6, 6.07) is 8.12. The molecule has 0 saturated carbocycles. The fraction of sp³-hybridized carbons (Fsp3) is 0.611. The van der Waals surface area contributed by atoms with Crippen molar-refractivity contribution in [2.24, 2.45) is 4.99 Å². The normalized spacial score (nSPS) is 11.2. The van der Waals surface area contributed by atoms with Crippen molar-refractivity contribution in [2.45, 2.75) is 13.0 Å². The molecule has 0 aliphatic carbocycles. The monoisotopic (exact) mass is 464 g/mol. The Morgan fingerprint density at radius 1 is 1.12 bits per heavy atom. The first-order chi connectivity index (χ1) is 11.6. The number of benzene rings is 1. The first-order valence-electron chi connectivity index (χ1n) is 8.33. The van der Waals surface area contributed by atoms with Gasteiger partial charge in [-0.15, -0.1) is 24.0 Å². The van der Waals surface area contributed by atoms with Crippen molar-refractivity contribution in [2.75, 3.05) is 61.6 Å². The molecular formula is C18H33IN4O2. The second kappa shape index (κ2) is 14.1. The van der Waals surface area contributed by atoms with E-state index in [1.165, 1.54) is 5.56 Å². The molecule has 0 spiro atoms. The maximum absolute atomic E-state index is 5.19. The van der Waals surface area contributed by atoms with E-state index in [9.17, 15) is 0 Å². The molecule has 144 valence electrons. The lowest BCUT2D eigenvalue weighted by Crippen LogP contribution is -2.39. The van der Waals surface area contributed by atoms with E-state index >= 15 is 0 Å². The van der Waals surface area contributed by atoms with Gasteiger partial charge in [-0.3, -0.25) is 4.99 Å². The van der Waals surface area contributed by atoms with Crippen LogP contribution in [0.25, 0.3) is 0 Å². The number of guanidine groups is 1. The van der Waals surface area contributed by atoms with Gasteiger partial charge in [-0.05, 0) is 37.7 Å². The smallest absolute Gasteiger partial charge is 0.193 e. The number of ether oxygens (including phenoxy) is 2. The molecule has 0 radical (unpaired) electrons. The van der Waals surface area contributed by atoms with Crippen molar-refractivity contribution in [1.82, 2.24) is 15.1 Å². The van der Waals surface area contributed by atoms with Crippen molar-refractivity contribution in [1.29, 1.82) is 0 Å². The number of methoxy groups -OCH3 is 2. The zero-order valence-electron chi connectivity index (χ0n) is 16.1. The third-order valence-electron chi connectivity index (χ3n) is 3.83. The standard InChI is InChI=1S/C18H32N4O2.HI/c1-19-18(20-11-6-12-21(2)13-14-23-4)22(3)15-16-7-9-17(24-5)10-8-16;/h7-10H,6,11-15H2,1-5H3,(H,19,20);1H. The maximum Gasteiger partial charge on any atom is 0.193 e. The van der Waals surface area contributed by atoms with Crippen molar-refractivity contribution in [3.63, 3.8) is 0 Å². The first-order valence-corrected chi connectivity index (χ1v) is 8.33. The Kier molecular flexibility index (Phi) is 13.5. The summed E-state index contributed by atoms with van der Waals surface area (Å²) in [5, 5.41) is 3.42. The number of rotatable bonds is 10. The molecule has 0 saturated heterocycles. The van der Waals surface area contributed by atoms with Crippen LogP contribution in [0.2, 0.25) is 0 Å². The fourth-order valence-electron chi connectivity index (χ4n) is 2.37. The van der Waals surface area contributed by atoms with Crippen LogP contribution in [0.3, 0.4) is 0 Å². The lowest BCUT2D eigenvalue weighted by atomic mass is 10.2. The minimum atomic E-state index is 0. The van der Waals surface area contributed by atoms with E-state index in [2.05, 4.69) is 39.3 Å². The quantitative estimate of drug-likeness (QED) is 0.249. The largest absolute Gasteiger partial charge is 0.497 e. The summed E-state index contributed by atoms with van der Waals surface area (Å²) in [5.41, 5.74) is 1.22. The second-order valence-corrected chi connectivity index (χ2v) is 5.83. The Labute approximate surface area is 169 Å². The van der Waals surface area contributed by atoms with E-state index in [1.807, 2.05) is 26.2 Å². The minimum Gasteiger partial charge on any atom is -0.497 e. The van der Waals surface area contributed by atoms with E-state index < -0.39 is 0 Å². The summed E-state index contributed by atoms with van der Waals surface area (Å²) in [5.74, 6) is 1.78. The molecule has 0 atom stereocenters. The molecule has 0 fully saturated rings. The van der Waals surface area contributed by atoms with Gasteiger partial charge < -0.3 is 24.6 Å². The molecule has 0 aliphatic rings. The average molecular weight is 464 g/mol. The number of likely N-dealkylation sites (N-methyl/N-ethyl adjacent to an activating group) is 1. The molecule has 1 aromatic rings. The molecule has 1 rings (SSSR count). The zero-order valence-corrected chi connectivity index (χ0v) is 18.4. The highest BCUT2D eigenvalue weighted by Crippen LogP contribution is 2.12. The molecule has 7 heteroatoms. The van der Waals surface area contributed by atoms with Crippen LogP contribution < -0.4 is 10.1 Å². The zero-order chi connectivity index (χ0) is 17.8. The Morgan fingerprint density at radius 3 is 2.36 bits per heavy atom. The average Bonchev–Trinajstić information content (AvgIpc) is 2.60. The molecule has 1 aromatic carbocycles. The van der Waals surface area contributed by atoms with Gasteiger partial charge in [0.1, 0.15) is 5.75 Å². The molecule has 0 aliphatic heterocycles. The molecule has 25 heavy (non-hydrogen) atoms. The minimum absolute atomic E-state index is 0.